The molecule has 0 spiro atoms. The van der Waals surface area contributed by atoms with Crippen LogP contribution in [0.4, 0.5) is 10.5 Å². The number of hydrogen-bond acceptors (Lipinski definition) is 6. The Kier molecular flexibility index (Phi) is 12.6. The van der Waals surface area contributed by atoms with Crippen molar-refractivity contribution in [3.63, 3.8) is 0 Å². The first-order valence-electron chi connectivity index (χ1n) is 13.9. The first-order chi connectivity index (χ1) is 18.5. The van der Waals surface area contributed by atoms with Crippen LogP contribution in [0, 0.1) is 0 Å². The molecule has 2 N–H and O–H groups in total. The maximum Gasteiger partial charge on any atom is 0.412 e. The van der Waals surface area contributed by atoms with Gasteiger partial charge < -0.3 is 29.7 Å². The number of carbonyl (C=O) groups excluding carboxylic acids is 2. The fourth-order valence-electron chi connectivity index (χ4n) is 4.45. The summed E-state index contributed by atoms with van der Waals surface area (Å²) >= 11 is 0. The van der Waals surface area contributed by atoms with Gasteiger partial charge in [-0.2, -0.15) is 0 Å². The highest BCUT2D eigenvalue weighted by Gasteiger charge is 2.16. The van der Waals surface area contributed by atoms with Crippen LogP contribution in [0.15, 0.2) is 48.5 Å². The molecule has 0 saturated heterocycles. The molecule has 2 aromatic carbocycles. The Bertz CT molecular complexity index is 993. The number of anilines is 1. The molecule has 8 heteroatoms. The van der Waals surface area contributed by atoms with Crippen molar-refractivity contribution in [1.82, 2.24) is 10.6 Å². The maximum absolute atomic E-state index is 12.2. The molecule has 1 fully saturated rings. The molecule has 0 bridgehead atoms. The van der Waals surface area contributed by atoms with Gasteiger partial charge in [-0.1, -0.05) is 31.4 Å². The summed E-state index contributed by atoms with van der Waals surface area (Å²) in [6.45, 7) is 4.15. The Morgan fingerprint density at radius 3 is 2.18 bits per heavy atom. The first kappa shape index (κ1) is 29.1. The van der Waals surface area contributed by atoms with E-state index in [1.54, 1.807) is 12.1 Å². The molecule has 0 heterocycles. The van der Waals surface area contributed by atoms with Crippen LogP contribution in [0.1, 0.15) is 64.7 Å². The number of nitrogens with one attached hydrogen (secondary N) is 2. The average Bonchev–Trinajstić information content (AvgIpc) is 2.91. The summed E-state index contributed by atoms with van der Waals surface area (Å²) in [6.07, 6.45) is 9.26. The van der Waals surface area contributed by atoms with Crippen molar-refractivity contribution >= 4 is 17.7 Å². The number of nitrogens with zero attached hydrogens (tertiary/aromatic N) is 1. The number of likely N-dealkylation sites (N-methyl/N-ethyl adjacent to an activating group) is 1. The van der Waals surface area contributed by atoms with Crippen molar-refractivity contribution in [3.8, 4) is 17.2 Å². The second-order valence-corrected chi connectivity index (χ2v) is 9.86. The summed E-state index contributed by atoms with van der Waals surface area (Å²) in [6, 6.07) is 15.5. The lowest BCUT2D eigenvalue weighted by molar-refractivity contribution is -0.118. The zero-order valence-corrected chi connectivity index (χ0v) is 22.9. The van der Waals surface area contributed by atoms with Crippen LogP contribution in [0.25, 0.3) is 0 Å². The molecular weight excluding hydrogens is 482 g/mol. The van der Waals surface area contributed by atoms with Crippen molar-refractivity contribution in [2.24, 2.45) is 0 Å². The Labute approximate surface area is 227 Å². The highest BCUT2D eigenvalue weighted by Crippen LogP contribution is 2.22. The second-order valence-electron chi connectivity index (χ2n) is 9.86. The van der Waals surface area contributed by atoms with Crippen molar-refractivity contribution < 1.29 is 23.8 Å². The van der Waals surface area contributed by atoms with Gasteiger partial charge in [-0.05, 0) is 62.8 Å². The predicted octanol–water partition coefficient (Wildman–Crippen LogP) is 5.70. The second kappa shape index (κ2) is 16.4. The van der Waals surface area contributed by atoms with Crippen molar-refractivity contribution in [1.29, 1.82) is 0 Å². The fraction of sp³-hybridized carbons (Fsp3) is 0.533. The summed E-state index contributed by atoms with van der Waals surface area (Å²) in [5, 5.41) is 5.78. The molecule has 38 heavy (non-hydrogen) atoms. The van der Waals surface area contributed by atoms with Crippen LogP contribution in [-0.4, -0.2) is 51.4 Å². The Hall–Kier alpha value is -3.42. The van der Waals surface area contributed by atoms with Gasteiger partial charge in [0.15, 0.2) is 0 Å². The maximum atomic E-state index is 12.2. The highest BCUT2D eigenvalue weighted by molar-refractivity contribution is 5.72. The summed E-state index contributed by atoms with van der Waals surface area (Å²) in [5.74, 6) is 2.04. The van der Waals surface area contributed by atoms with Crippen molar-refractivity contribution in [2.45, 2.75) is 70.8 Å². The third-order valence-corrected chi connectivity index (χ3v) is 6.60. The fourth-order valence-corrected chi connectivity index (χ4v) is 4.45. The molecule has 0 radical (unpaired) electrons. The van der Waals surface area contributed by atoms with Gasteiger partial charge >= 0.3 is 6.09 Å². The van der Waals surface area contributed by atoms with E-state index in [2.05, 4.69) is 15.5 Å². The molecule has 0 aromatic heterocycles. The molecule has 3 rings (SSSR count). The van der Waals surface area contributed by atoms with E-state index in [9.17, 15) is 9.59 Å². The van der Waals surface area contributed by atoms with E-state index >= 15 is 0 Å². The topological polar surface area (TPSA) is 89.1 Å². The van der Waals surface area contributed by atoms with Crippen LogP contribution < -0.4 is 29.7 Å². The van der Waals surface area contributed by atoms with E-state index in [1.807, 2.05) is 43.4 Å². The van der Waals surface area contributed by atoms with Crippen LogP contribution >= 0.6 is 0 Å². The molecule has 1 aliphatic rings. The number of amides is 2. The van der Waals surface area contributed by atoms with E-state index in [-0.39, 0.29) is 11.9 Å². The minimum Gasteiger partial charge on any atom is -0.494 e. The molecule has 1 saturated carbocycles. The lowest BCUT2D eigenvalue weighted by Gasteiger charge is -2.22. The van der Waals surface area contributed by atoms with Gasteiger partial charge in [-0.15, -0.1) is 0 Å². The third kappa shape index (κ3) is 11.3. The minimum atomic E-state index is -0.392. The molecule has 8 nitrogen and oxygen atoms in total. The van der Waals surface area contributed by atoms with Crippen LogP contribution in [-0.2, 0) is 4.79 Å². The monoisotopic (exact) mass is 525 g/mol. The lowest BCUT2D eigenvalue weighted by Crippen LogP contribution is -2.37. The molecule has 2 amide bonds. The number of carbonyl (C=O) groups is 2. The zero-order valence-electron chi connectivity index (χ0n) is 22.9. The van der Waals surface area contributed by atoms with Gasteiger partial charge in [-0.3, -0.25) is 4.79 Å². The van der Waals surface area contributed by atoms with Crippen LogP contribution in [0.3, 0.4) is 0 Å². The number of ether oxygens (including phenoxy) is 3. The minimum absolute atomic E-state index is 0.0171. The van der Waals surface area contributed by atoms with E-state index in [4.69, 9.17) is 14.2 Å². The Morgan fingerprint density at radius 2 is 1.50 bits per heavy atom. The SMILES string of the molecule is CC(=O)NCCN(C)c1cccc(OCCCCCCOc2cccc(OC(=O)NC3CCCCC3)c2)c1. The quantitative estimate of drug-likeness (QED) is 0.290. The van der Waals surface area contributed by atoms with Crippen molar-refractivity contribution in [2.75, 3.05) is 38.3 Å². The Morgan fingerprint density at radius 1 is 0.868 bits per heavy atom. The number of unbranched alkanes of at least 4 members (excludes halogenated alkanes) is 3. The van der Waals surface area contributed by atoms with Gasteiger partial charge in [0.1, 0.15) is 17.2 Å². The van der Waals surface area contributed by atoms with Gasteiger partial charge in [-0.25, -0.2) is 4.79 Å². The average molecular weight is 526 g/mol. The smallest absolute Gasteiger partial charge is 0.412 e. The largest absolute Gasteiger partial charge is 0.494 e. The molecular formula is C30H43N3O5. The molecule has 0 atom stereocenters. The first-order valence-corrected chi connectivity index (χ1v) is 13.9. The number of hydrogen-bond donors (Lipinski definition) is 2. The zero-order chi connectivity index (χ0) is 27.0. The number of benzene rings is 2. The predicted molar refractivity (Wildman–Crippen MR) is 150 cm³/mol. The lowest BCUT2D eigenvalue weighted by atomic mass is 9.96. The van der Waals surface area contributed by atoms with Gasteiger partial charge in [0.2, 0.25) is 5.91 Å². The van der Waals surface area contributed by atoms with Crippen LogP contribution in [0.2, 0.25) is 0 Å². The highest BCUT2D eigenvalue weighted by atomic mass is 16.6. The summed E-state index contributed by atoms with van der Waals surface area (Å²) < 4.78 is 17.2. The van der Waals surface area contributed by atoms with E-state index < -0.39 is 6.09 Å². The van der Waals surface area contributed by atoms with Crippen LogP contribution in [0.5, 0.6) is 17.2 Å². The normalized spacial score (nSPS) is 13.4. The van der Waals surface area contributed by atoms with Crippen molar-refractivity contribution in [3.05, 3.63) is 48.5 Å². The molecule has 0 unspecified atom stereocenters. The van der Waals surface area contributed by atoms with E-state index in [0.29, 0.717) is 31.3 Å². The summed E-state index contributed by atoms with van der Waals surface area (Å²) in [7, 11) is 2.00. The van der Waals surface area contributed by atoms with E-state index in [0.717, 1.165) is 69.3 Å². The molecule has 0 aliphatic heterocycles. The molecule has 2 aromatic rings. The summed E-state index contributed by atoms with van der Waals surface area (Å²) in [4.78, 5) is 25.3. The van der Waals surface area contributed by atoms with E-state index in [1.165, 1.54) is 13.3 Å². The molecule has 208 valence electrons. The number of rotatable bonds is 15. The third-order valence-electron chi connectivity index (χ3n) is 6.60. The van der Waals surface area contributed by atoms with Gasteiger partial charge in [0.25, 0.3) is 0 Å². The Balaban J connectivity index is 1.25. The summed E-state index contributed by atoms with van der Waals surface area (Å²) in [5.41, 5.74) is 1.06. The standard InChI is InChI=1S/C30H43N3O5/c1-24(34)31-18-19-33(2)26-14-10-15-27(22-26)36-20-8-3-4-9-21-37-28-16-11-17-29(23-28)38-30(35)32-25-12-6-5-7-13-25/h10-11,14-17,22-23,25H,3-9,12-13,18-21H2,1-2H3,(H,31,34)(H,32,35). The van der Waals surface area contributed by atoms with Gasteiger partial charge in [0.05, 0.1) is 13.2 Å². The molecule has 1 aliphatic carbocycles. The van der Waals surface area contributed by atoms with Gasteiger partial charge in [0, 0.05) is 50.9 Å².